The molecule has 2 aromatic rings. The topological polar surface area (TPSA) is 46.4 Å². The fourth-order valence-corrected chi connectivity index (χ4v) is 2.41. The molecule has 0 spiro atoms. The fourth-order valence-electron chi connectivity index (χ4n) is 2.01. The molecule has 0 fully saturated rings. The Hall–Kier alpha value is -1.69. The number of amides is 1. The van der Waals surface area contributed by atoms with Crippen LogP contribution in [0, 0.1) is 5.82 Å². The molecule has 22 heavy (non-hydrogen) atoms. The molecule has 1 amide bonds. The standard InChI is InChI=1S/C15H14Cl2FN3O/c1-21(8-10-11(16)4-2-5-12(10)18)9-14(22)20-13-6-3-7-19-15(13)17/h2-7H,8-9H2,1H3,(H,20,22)/p+1. The third-order valence-electron chi connectivity index (χ3n) is 3.04. The lowest BCUT2D eigenvalue weighted by Crippen LogP contribution is -3.08. The molecule has 1 heterocycles. The first-order chi connectivity index (χ1) is 10.5. The Morgan fingerprint density at radius 1 is 1.32 bits per heavy atom. The highest BCUT2D eigenvalue weighted by molar-refractivity contribution is 6.32. The lowest BCUT2D eigenvalue weighted by atomic mass is 10.2. The molecule has 0 saturated carbocycles. The number of quaternary nitrogens is 1. The number of halogens is 3. The van der Waals surface area contributed by atoms with Gasteiger partial charge in [0.05, 0.1) is 23.3 Å². The maximum Gasteiger partial charge on any atom is 0.279 e. The molecule has 0 bridgehead atoms. The predicted molar refractivity (Wildman–Crippen MR) is 84.7 cm³/mol. The van der Waals surface area contributed by atoms with Crippen molar-refractivity contribution in [3.05, 3.63) is 58.1 Å². The number of carbonyl (C=O) groups is 1. The van der Waals surface area contributed by atoms with Gasteiger partial charge in [-0.05, 0) is 24.3 Å². The molecule has 7 heteroatoms. The van der Waals surface area contributed by atoms with Crippen LogP contribution in [0.3, 0.4) is 0 Å². The van der Waals surface area contributed by atoms with Crippen LogP contribution in [0.1, 0.15) is 5.56 Å². The zero-order valence-corrected chi connectivity index (χ0v) is 13.4. The minimum Gasteiger partial charge on any atom is -0.326 e. The highest BCUT2D eigenvalue weighted by Gasteiger charge is 2.16. The van der Waals surface area contributed by atoms with E-state index in [1.54, 1.807) is 31.3 Å². The normalized spacial score (nSPS) is 12.0. The summed E-state index contributed by atoms with van der Waals surface area (Å²) in [6.07, 6.45) is 1.54. The number of hydrogen-bond acceptors (Lipinski definition) is 2. The minimum atomic E-state index is -0.373. The zero-order chi connectivity index (χ0) is 16.1. The van der Waals surface area contributed by atoms with Crippen molar-refractivity contribution in [3.63, 3.8) is 0 Å². The van der Waals surface area contributed by atoms with Crippen LogP contribution in [0.5, 0.6) is 0 Å². The molecule has 0 aliphatic carbocycles. The Bertz CT molecular complexity index is 661. The number of carbonyl (C=O) groups excluding carboxylic acids is 1. The van der Waals surface area contributed by atoms with Crippen molar-refractivity contribution in [1.82, 2.24) is 4.98 Å². The van der Waals surface area contributed by atoms with E-state index in [0.717, 1.165) is 4.90 Å². The third-order valence-corrected chi connectivity index (χ3v) is 3.69. The number of likely N-dealkylation sites (N-methyl/N-ethyl adjacent to an activating group) is 1. The number of pyridine rings is 1. The van der Waals surface area contributed by atoms with E-state index >= 15 is 0 Å². The molecular weight excluding hydrogens is 328 g/mol. The molecule has 1 unspecified atom stereocenters. The monoisotopic (exact) mass is 342 g/mol. The number of anilines is 1. The first-order valence-corrected chi connectivity index (χ1v) is 7.37. The summed E-state index contributed by atoms with van der Waals surface area (Å²) in [7, 11) is 1.78. The Morgan fingerprint density at radius 2 is 2.09 bits per heavy atom. The van der Waals surface area contributed by atoms with Crippen molar-refractivity contribution in [2.75, 3.05) is 18.9 Å². The Morgan fingerprint density at radius 3 is 2.77 bits per heavy atom. The summed E-state index contributed by atoms with van der Waals surface area (Å²) in [6, 6.07) is 7.87. The van der Waals surface area contributed by atoms with E-state index in [4.69, 9.17) is 23.2 Å². The number of aromatic nitrogens is 1. The summed E-state index contributed by atoms with van der Waals surface area (Å²) in [4.78, 5) is 16.7. The van der Waals surface area contributed by atoms with Gasteiger partial charge >= 0.3 is 0 Å². The van der Waals surface area contributed by atoms with Crippen molar-refractivity contribution in [1.29, 1.82) is 0 Å². The average Bonchev–Trinajstić information content (AvgIpc) is 2.45. The summed E-state index contributed by atoms with van der Waals surface area (Å²) in [5.74, 6) is -0.609. The lowest BCUT2D eigenvalue weighted by Gasteiger charge is -2.15. The molecule has 1 aromatic heterocycles. The van der Waals surface area contributed by atoms with E-state index in [1.807, 2.05) is 0 Å². The first kappa shape index (κ1) is 16.7. The van der Waals surface area contributed by atoms with Crippen molar-refractivity contribution in [2.24, 2.45) is 0 Å². The Balaban J connectivity index is 1.96. The molecule has 0 saturated heterocycles. The van der Waals surface area contributed by atoms with Crippen molar-refractivity contribution < 1.29 is 14.1 Å². The summed E-state index contributed by atoms with van der Waals surface area (Å²) in [5, 5.41) is 3.26. The van der Waals surface area contributed by atoms with E-state index in [0.29, 0.717) is 22.8 Å². The maximum absolute atomic E-state index is 13.7. The predicted octanol–water partition coefficient (Wildman–Crippen LogP) is 2.18. The quantitative estimate of drug-likeness (QED) is 0.818. The Kier molecular flexibility index (Phi) is 5.71. The van der Waals surface area contributed by atoms with E-state index in [9.17, 15) is 9.18 Å². The van der Waals surface area contributed by atoms with Gasteiger partial charge in [-0.15, -0.1) is 0 Å². The molecule has 0 radical (unpaired) electrons. The van der Waals surface area contributed by atoms with Crippen molar-refractivity contribution in [2.45, 2.75) is 6.54 Å². The summed E-state index contributed by atoms with van der Waals surface area (Å²) >= 11 is 11.9. The highest BCUT2D eigenvalue weighted by atomic mass is 35.5. The van der Waals surface area contributed by atoms with E-state index in [2.05, 4.69) is 10.3 Å². The van der Waals surface area contributed by atoms with Gasteiger partial charge in [0, 0.05) is 6.20 Å². The van der Waals surface area contributed by atoms with Crippen LogP contribution >= 0.6 is 23.2 Å². The van der Waals surface area contributed by atoms with Crippen LogP contribution in [0.4, 0.5) is 10.1 Å². The number of hydrogen-bond donors (Lipinski definition) is 2. The molecule has 4 nitrogen and oxygen atoms in total. The molecule has 0 aliphatic heterocycles. The molecule has 2 N–H and O–H groups in total. The summed E-state index contributed by atoms with van der Waals surface area (Å²) < 4.78 is 13.7. The average molecular weight is 343 g/mol. The van der Waals surface area contributed by atoms with Crippen LogP contribution < -0.4 is 10.2 Å². The second kappa shape index (κ2) is 7.54. The second-order valence-corrected chi connectivity index (χ2v) is 5.67. The van der Waals surface area contributed by atoms with Crippen LogP contribution in [0.25, 0.3) is 0 Å². The smallest absolute Gasteiger partial charge is 0.279 e. The number of nitrogens with zero attached hydrogens (tertiary/aromatic N) is 1. The van der Waals surface area contributed by atoms with Gasteiger partial charge < -0.3 is 10.2 Å². The highest BCUT2D eigenvalue weighted by Crippen LogP contribution is 2.18. The van der Waals surface area contributed by atoms with Gasteiger partial charge in [0.1, 0.15) is 12.4 Å². The minimum absolute atomic E-state index is 0.149. The number of rotatable bonds is 5. The largest absolute Gasteiger partial charge is 0.326 e. The molecule has 0 aliphatic rings. The maximum atomic E-state index is 13.7. The van der Waals surface area contributed by atoms with Gasteiger partial charge in [-0.25, -0.2) is 9.37 Å². The number of benzene rings is 1. The zero-order valence-electron chi connectivity index (χ0n) is 11.9. The van der Waals surface area contributed by atoms with Gasteiger partial charge in [0.2, 0.25) is 0 Å². The van der Waals surface area contributed by atoms with Gasteiger partial charge in [-0.3, -0.25) is 4.79 Å². The first-order valence-electron chi connectivity index (χ1n) is 6.62. The SMILES string of the molecule is C[NH+](CC(=O)Nc1cccnc1Cl)Cc1c(F)cccc1Cl. The van der Waals surface area contributed by atoms with Crippen LogP contribution in [-0.4, -0.2) is 24.5 Å². The number of nitrogens with one attached hydrogen (secondary N) is 2. The van der Waals surface area contributed by atoms with E-state index in [1.165, 1.54) is 12.3 Å². The van der Waals surface area contributed by atoms with E-state index < -0.39 is 0 Å². The lowest BCUT2D eigenvalue weighted by molar-refractivity contribution is -0.885. The van der Waals surface area contributed by atoms with Gasteiger partial charge in [-0.2, -0.15) is 0 Å². The second-order valence-electron chi connectivity index (χ2n) is 4.90. The van der Waals surface area contributed by atoms with Gasteiger partial charge in [0.15, 0.2) is 11.7 Å². The van der Waals surface area contributed by atoms with Crippen molar-refractivity contribution >= 4 is 34.8 Å². The summed E-state index contributed by atoms with van der Waals surface area (Å²) in [5.41, 5.74) is 0.847. The van der Waals surface area contributed by atoms with Crippen LogP contribution in [0.2, 0.25) is 10.2 Å². The Labute approximate surface area is 137 Å². The molecule has 2 rings (SSSR count). The fraction of sp³-hybridized carbons (Fsp3) is 0.200. The van der Waals surface area contributed by atoms with E-state index in [-0.39, 0.29) is 23.4 Å². The molecule has 116 valence electrons. The van der Waals surface area contributed by atoms with Gasteiger partial charge in [0.25, 0.3) is 5.91 Å². The molecule has 1 aromatic carbocycles. The van der Waals surface area contributed by atoms with Crippen LogP contribution in [-0.2, 0) is 11.3 Å². The van der Waals surface area contributed by atoms with Crippen molar-refractivity contribution in [3.8, 4) is 0 Å². The van der Waals surface area contributed by atoms with Gasteiger partial charge in [-0.1, -0.05) is 29.3 Å². The molecule has 1 atom stereocenters. The third kappa shape index (κ3) is 4.40. The summed E-state index contributed by atoms with van der Waals surface area (Å²) in [6.45, 7) is 0.454. The molecular formula is C15H15Cl2FN3O+. The van der Waals surface area contributed by atoms with Crippen LogP contribution in [0.15, 0.2) is 36.5 Å².